The molecule has 0 aliphatic rings. The Kier molecular flexibility index (Phi) is 2.52. The van der Waals surface area contributed by atoms with Crippen molar-refractivity contribution in [3.8, 4) is 5.75 Å². The summed E-state index contributed by atoms with van der Waals surface area (Å²) in [7, 11) is 0. The summed E-state index contributed by atoms with van der Waals surface area (Å²) in [6.45, 7) is 3.27. The molecule has 2 aromatic carbocycles. The van der Waals surface area contributed by atoms with Crippen molar-refractivity contribution in [1.82, 2.24) is 0 Å². The summed E-state index contributed by atoms with van der Waals surface area (Å²) < 4.78 is 5.22. The summed E-state index contributed by atoms with van der Waals surface area (Å²) in [5, 5.41) is 1.78. The number of aryl methyl sites for hydroxylation is 1. The minimum atomic E-state index is -0.321. The van der Waals surface area contributed by atoms with Crippen molar-refractivity contribution in [2.24, 2.45) is 0 Å². The number of carbonyl (C=O) groups is 1. The number of hydrogen-bond donors (Lipinski definition) is 1. The highest BCUT2D eigenvalue weighted by atomic mass is 16.5. The Labute approximate surface area is 93.8 Å². The molecule has 2 rings (SSSR count). The number of esters is 1. The van der Waals surface area contributed by atoms with E-state index in [0.29, 0.717) is 11.4 Å². The van der Waals surface area contributed by atoms with Crippen molar-refractivity contribution >= 4 is 22.4 Å². The maximum atomic E-state index is 11.0. The van der Waals surface area contributed by atoms with Crippen molar-refractivity contribution < 1.29 is 9.53 Å². The number of carbonyl (C=O) groups excluding carboxylic acids is 1. The number of nitrogen functional groups attached to an aromatic ring is 1. The molecule has 0 radical (unpaired) electrons. The Morgan fingerprint density at radius 3 is 2.50 bits per heavy atom. The molecule has 2 N–H and O–H groups in total. The van der Waals surface area contributed by atoms with E-state index in [-0.39, 0.29) is 5.97 Å². The zero-order valence-corrected chi connectivity index (χ0v) is 9.28. The van der Waals surface area contributed by atoms with Crippen molar-refractivity contribution in [3.63, 3.8) is 0 Å². The summed E-state index contributed by atoms with van der Waals surface area (Å²) in [5.74, 6) is 0.273. The van der Waals surface area contributed by atoms with E-state index in [1.54, 1.807) is 0 Å². The molecule has 0 spiro atoms. The van der Waals surface area contributed by atoms with Gasteiger partial charge in [0.25, 0.3) is 0 Å². The highest BCUT2D eigenvalue weighted by Crippen LogP contribution is 2.33. The van der Waals surface area contributed by atoms with Crippen LogP contribution in [0.2, 0.25) is 0 Å². The van der Waals surface area contributed by atoms with Crippen LogP contribution in [0.1, 0.15) is 12.5 Å². The lowest BCUT2D eigenvalue weighted by Gasteiger charge is -2.11. The van der Waals surface area contributed by atoms with Crippen LogP contribution in [0.3, 0.4) is 0 Å². The van der Waals surface area contributed by atoms with Gasteiger partial charge in [-0.3, -0.25) is 4.79 Å². The first-order valence-electron chi connectivity index (χ1n) is 5.06. The molecule has 0 amide bonds. The van der Waals surface area contributed by atoms with Gasteiger partial charge in [0, 0.05) is 23.4 Å². The second-order valence-electron chi connectivity index (χ2n) is 3.75. The van der Waals surface area contributed by atoms with E-state index in [9.17, 15) is 4.79 Å². The Morgan fingerprint density at radius 1 is 1.25 bits per heavy atom. The molecule has 3 heteroatoms. The van der Waals surface area contributed by atoms with E-state index in [0.717, 1.165) is 16.3 Å². The molecule has 0 aliphatic heterocycles. The third kappa shape index (κ3) is 1.72. The van der Waals surface area contributed by atoms with E-state index in [1.807, 2.05) is 37.3 Å². The SMILES string of the molecule is CC(=O)Oc1c(C)cc(N)c2ccccc12. The fourth-order valence-electron chi connectivity index (χ4n) is 1.80. The van der Waals surface area contributed by atoms with Crippen LogP contribution < -0.4 is 10.5 Å². The van der Waals surface area contributed by atoms with Gasteiger partial charge in [0.2, 0.25) is 0 Å². The molecule has 0 atom stereocenters. The number of nitrogens with two attached hydrogens (primary N) is 1. The minimum absolute atomic E-state index is 0.321. The maximum Gasteiger partial charge on any atom is 0.308 e. The van der Waals surface area contributed by atoms with Crippen LogP contribution in [0.15, 0.2) is 30.3 Å². The Balaban J connectivity index is 2.76. The number of benzene rings is 2. The molecule has 82 valence electrons. The normalized spacial score (nSPS) is 10.4. The topological polar surface area (TPSA) is 52.3 Å². The van der Waals surface area contributed by atoms with Crippen LogP contribution in [0, 0.1) is 6.92 Å². The van der Waals surface area contributed by atoms with Gasteiger partial charge in [-0.2, -0.15) is 0 Å². The van der Waals surface area contributed by atoms with E-state index >= 15 is 0 Å². The number of hydrogen-bond acceptors (Lipinski definition) is 3. The van der Waals surface area contributed by atoms with Gasteiger partial charge in [-0.25, -0.2) is 0 Å². The van der Waals surface area contributed by atoms with Gasteiger partial charge in [0.15, 0.2) is 0 Å². The molecular formula is C13H13NO2. The highest BCUT2D eigenvalue weighted by molar-refractivity contribution is 5.99. The van der Waals surface area contributed by atoms with Crippen LogP contribution in [-0.4, -0.2) is 5.97 Å². The van der Waals surface area contributed by atoms with Gasteiger partial charge in [-0.1, -0.05) is 24.3 Å². The van der Waals surface area contributed by atoms with Crippen molar-refractivity contribution in [2.45, 2.75) is 13.8 Å². The molecule has 0 bridgehead atoms. The monoisotopic (exact) mass is 215 g/mol. The number of fused-ring (bicyclic) bond motifs is 1. The first-order chi connectivity index (χ1) is 7.59. The first kappa shape index (κ1) is 10.5. The standard InChI is InChI=1S/C13H13NO2/c1-8-7-12(14)10-5-3-4-6-11(10)13(8)16-9(2)15/h3-7H,14H2,1-2H3. The Bertz CT molecular complexity index is 561. The summed E-state index contributed by atoms with van der Waals surface area (Å²) in [6, 6.07) is 9.44. The lowest BCUT2D eigenvalue weighted by molar-refractivity contribution is -0.131. The van der Waals surface area contributed by atoms with Crippen LogP contribution in [-0.2, 0) is 4.79 Å². The van der Waals surface area contributed by atoms with Gasteiger partial charge in [0.05, 0.1) is 0 Å². The second kappa shape index (κ2) is 3.85. The molecule has 0 saturated carbocycles. The van der Waals surface area contributed by atoms with Gasteiger partial charge in [-0.15, -0.1) is 0 Å². The third-order valence-corrected chi connectivity index (χ3v) is 2.46. The summed E-state index contributed by atoms with van der Waals surface area (Å²) in [5.41, 5.74) is 7.48. The predicted octanol–water partition coefficient (Wildman–Crippen LogP) is 2.66. The molecule has 0 unspecified atom stereocenters. The van der Waals surface area contributed by atoms with Crippen LogP contribution in [0.25, 0.3) is 10.8 Å². The van der Waals surface area contributed by atoms with Gasteiger partial charge < -0.3 is 10.5 Å². The number of rotatable bonds is 1. The molecule has 2 aromatic rings. The summed E-state index contributed by atoms with van der Waals surface area (Å²) in [4.78, 5) is 11.0. The largest absolute Gasteiger partial charge is 0.426 e. The molecule has 0 aromatic heterocycles. The average molecular weight is 215 g/mol. The van der Waals surface area contributed by atoms with Crippen molar-refractivity contribution in [1.29, 1.82) is 0 Å². The van der Waals surface area contributed by atoms with E-state index in [2.05, 4.69) is 0 Å². The van der Waals surface area contributed by atoms with Gasteiger partial charge in [-0.05, 0) is 18.6 Å². The lowest BCUT2D eigenvalue weighted by Crippen LogP contribution is -2.04. The predicted molar refractivity (Wildman–Crippen MR) is 64.4 cm³/mol. The third-order valence-electron chi connectivity index (χ3n) is 2.46. The van der Waals surface area contributed by atoms with Crippen LogP contribution in [0.4, 0.5) is 5.69 Å². The summed E-state index contributed by atoms with van der Waals surface area (Å²) in [6.07, 6.45) is 0. The average Bonchev–Trinajstić information content (AvgIpc) is 2.24. The Hall–Kier alpha value is -2.03. The molecule has 3 nitrogen and oxygen atoms in total. The number of ether oxygens (including phenoxy) is 1. The Morgan fingerprint density at radius 2 is 1.88 bits per heavy atom. The molecule has 0 heterocycles. The quantitative estimate of drug-likeness (QED) is 0.452. The van der Waals surface area contributed by atoms with E-state index in [4.69, 9.17) is 10.5 Å². The van der Waals surface area contributed by atoms with Crippen molar-refractivity contribution in [2.75, 3.05) is 5.73 Å². The number of anilines is 1. The van der Waals surface area contributed by atoms with Crippen LogP contribution in [0.5, 0.6) is 5.75 Å². The van der Waals surface area contributed by atoms with Gasteiger partial charge >= 0.3 is 5.97 Å². The molecule has 0 aliphatic carbocycles. The molecule has 16 heavy (non-hydrogen) atoms. The molecule has 0 saturated heterocycles. The minimum Gasteiger partial charge on any atom is -0.426 e. The van der Waals surface area contributed by atoms with E-state index in [1.165, 1.54) is 6.92 Å². The smallest absolute Gasteiger partial charge is 0.308 e. The zero-order valence-electron chi connectivity index (χ0n) is 9.28. The molecular weight excluding hydrogens is 202 g/mol. The maximum absolute atomic E-state index is 11.0. The lowest BCUT2D eigenvalue weighted by atomic mass is 10.0. The molecule has 0 fully saturated rings. The van der Waals surface area contributed by atoms with Crippen LogP contribution >= 0.6 is 0 Å². The van der Waals surface area contributed by atoms with E-state index < -0.39 is 0 Å². The first-order valence-corrected chi connectivity index (χ1v) is 5.06. The highest BCUT2D eigenvalue weighted by Gasteiger charge is 2.10. The van der Waals surface area contributed by atoms with Crippen molar-refractivity contribution in [3.05, 3.63) is 35.9 Å². The van der Waals surface area contributed by atoms with Gasteiger partial charge in [0.1, 0.15) is 5.75 Å². The fourth-order valence-corrected chi connectivity index (χ4v) is 1.80. The summed E-state index contributed by atoms with van der Waals surface area (Å²) >= 11 is 0. The zero-order chi connectivity index (χ0) is 11.7. The second-order valence-corrected chi connectivity index (χ2v) is 3.75. The fraction of sp³-hybridized carbons (Fsp3) is 0.154.